The average molecular weight is 233 g/mol. The normalized spacial score (nSPS) is 21.0. The molecule has 0 aliphatic carbocycles. The number of hydrogen-bond acceptors (Lipinski definition) is 4. The third-order valence-electron chi connectivity index (χ3n) is 2.52. The van der Waals surface area contributed by atoms with Crippen LogP contribution in [-0.4, -0.2) is 51.5 Å². The SMILES string of the molecule is COCCCOCCNCC1CCSC1. The van der Waals surface area contributed by atoms with Crippen LogP contribution in [0.15, 0.2) is 0 Å². The van der Waals surface area contributed by atoms with Gasteiger partial charge in [-0.25, -0.2) is 0 Å². The molecule has 1 fully saturated rings. The Morgan fingerprint density at radius 1 is 1.33 bits per heavy atom. The Labute approximate surface area is 97.3 Å². The van der Waals surface area contributed by atoms with Crippen molar-refractivity contribution in [2.45, 2.75) is 12.8 Å². The summed E-state index contributed by atoms with van der Waals surface area (Å²) in [6.07, 6.45) is 2.38. The molecule has 15 heavy (non-hydrogen) atoms. The van der Waals surface area contributed by atoms with Gasteiger partial charge in [0.2, 0.25) is 0 Å². The number of ether oxygens (including phenoxy) is 2. The standard InChI is InChI=1S/C11H23NO2S/c1-13-5-2-6-14-7-4-12-9-11-3-8-15-10-11/h11-12H,2-10H2,1H3. The summed E-state index contributed by atoms with van der Waals surface area (Å²) in [4.78, 5) is 0. The Hall–Kier alpha value is 0.230. The number of nitrogens with one attached hydrogen (secondary N) is 1. The molecular formula is C11H23NO2S. The summed E-state index contributed by atoms with van der Waals surface area (Å²) in [6.45, 7) is 4.58. The van der Waals surface area contributed by atoms with E-state index < -0.39 is 0 Å². The fourth-order valence-electron chi connectivity index (χ4n) is 1.60. The fourth-order valence-corrected chi connectivity index (χ4v) is 2.89. The number of methoxy groups -OCH3 is 1. The van der Waals surface area contributed by atoms with Crippen LogP contribution < -0.4 is 5.32 Å². The fraction of sp³-hybridized carbons (Fsp3) is 1.00. The Morgan fingerprint density at radius 3 is 3.00 bits per heavy atom. The molecule has 0 radical (unpaired) electrons. The van der Waals surface area contributed by atoms with E-state index in [0.717, 1.165) is 45.2 Å². The monoisotopic (exact) mass is 233 g/mol. The van der Waals surface area contributed by atoms with Gasteiger partial charge < -0.3 is 14.8 Å². The minimum atomic E-state index is 0.798. The maximum Gasteiger partial charge on any atom is 0.0590 e. The van der Waals surface area contributed by atoms with Crippen molar-refractivity contribution in [2.24, 2.45) is 5.92 Å². The van der Waals surface area contributed by atoms with Crippen LogP contribution in [0.25, 0.3) is 0 Å². The lowest BCUT2D eigenvalue weighted by Crippen LogP contribution is -2.26. The van der Waals surface area contributed by atoms with Gasteiger partial charge in [0, 0.05) is 26.9 Å². The van der Waals surface area contributed by atoms with Gasteiger partial charge in [0.15, 0.2) is 0 Å². The zero-order valence-corrected chi connectivity index (χ0v) is 10.5. The molecule has 1 unspecified atom stereocenters. The summed E-state index contributed by atoms with van der Waals surface area (Å²) in [5.74, 6) is 3.57. The van der Waals surface area contributed by atoms with Gasteiger partial charge in [-0.3, -0.25) is 0 Å². The molecule has 0 saturated carbocycles. The third kappa shape index (κ3) is 7.17. The quantitative estimate of drug-likeness (QED) is 0.610. The van der Waals surface area contributed by atoms with Gasteiger partial charge in [0.1, 0.15) is 0 Å². The summed E-state index contributed by atoms with van der Waals surface area (Å²) in [7, 11) is 1.72. The van der Waals surface area contributed by atoms with Gasteiger partial charge in [0.05, 0.1) is 6.61 Å². The molecule has 0 aromatic carbocycles. The van der Waals surface area contributed by atoms with E-state index >= 15 is 0 Å². The molecule has 1 aliphatic heterocycles. The van der Waals surface area contributed by atoms with Crippen molar-refractivity contribution in [3.8, 4) is 0 Å². The second kappa shape index (κ2) is 9.46. The molecule has 1 atom stereocenters. The van der Waals surface area contributed by atoms with Gasteiger partial charge in [-0.1, -0.05) is 0 Å². The Balaban J connectivity index is 1.73. The average Bonchev–Trinajstić information content (AvgIpc) is 2.75. The lowest BCUT2D eigenvalue weighted by atomic mass is 10.1. The molecule has 1 aliphatic rings. The molecule has 0 amide bonds. The van der Waals surface area contributed by atoms with Crippen molar-refractivity contribution in [1.29, 1.82) is 0 Å². The van der Waals surface area contributed by atoms with Gasteiger partial charge >= 0.3 is 0 Å². The van der Waals surface area contributed by atoms with E-state index in [4.69, 9.17) is 9.47 Å². The van der Waals surface area contributed by atoms with E-state index in [1.165, 1.54) is 17.9 Å². The van der Waals surface area contributed by atoms with Crippen LogP contribution in [0.3, 0.4) is 0 Å². The van der Waals surface area contributed by atoms with Crippen LogP contribution >= 0.6 is 11.8 Å². The van der Waals surface area contributed by atoms with Crippen molar-refractivity contribution >= 4 is 11.8 Å². The van der Waals surface area contributed by atoms with Crippen LogP contribution in [0.1, 0.15) is 12.8 Å². The number of hydrogen-bond donors (Lipinski definition) is 1. The molecule has 1 rings (SSSR count). The van der Waals surface area contributed by atoms with Crippen molar-refractivity contribution in [2.75, 3.05) is 51.5 Å². The molecule has 0 spiro atoms. The van der Waals surface area contributed by atoms with Crippen LogP contribution in [0.5, 0.6) is 0 Å². The first-order valence-electron chi connectivity index (χ1n) is 5.78. The second-order valence-electron chi connectivity index (χ2n) is 3.89. The second-order valence-corrected chi connectivity index (χ2v) is 5.04. The first-order chi connectivity index (χ1) is 7.43. The summed E-state index contributed by atoms with van der Waals surface area (Å²) in [5.41, 5.74) is 0. The smallest absolute Gasteiger partial charge is 0.0590 e. The van der Waals surface area contributed by atoms with Gasteiger partial charge in [-0.05, 0) is 36.8 Å². The third-order valence-corrected chi connectivity index (χ3v) is 3.75. The van der Waals surface area contributed by atoms with E-state index in [-0.39, 0.29) is 0 Å². The van der Waals surface area contributed by atoms with E-state index in [0.29, 0.717) is 0 Å². The first kappa shape index (κ1) is 13.3. The Kier molecular flexibility index (Phi) is 8.38. The van der Waals surface area contributed by atoms with Crippen molar-refractivity contribution < 1.29 is 9.47 Å². The van der Waals surface area contributed by atoms with Gasteiger partial charge in [0.25, 0.3) is 0 Å². The number of thioether (sulfide) groups is 1. The lowest BCUT2D eigenvalue weighted by Gasteiger charge is -2.09. The highest BCUT2D eigenvalue weighted by Gasteiger charge is 2.14. The minimum absolute atomic E-state index is 0.798. The summed E-state index contributed by atoms with van der Waals surface area (Å²) < 4.78 is 10.4. The molecule has 1 saturated heterocycles. The molecule has 0 bridgehead atoms. The van der Waals surface area contributed by atoms with E-state index in [2.05, 4.69) is 17.1 Å². The van der Waals surface area contributed by atoms with Crippen molar-refractivity contribution in [3.05, 3.63) is 0 Å². The first-order valence-corrected chi connectivity index (χ1v) is 6.94. The summed E-state index contributed by atoms with van der Waals surface area (Å²) in [6, 6.07) is 0. The maximum atomic E-state index is 5.45. The van der Waals surface area contributed by atoms with Crippen molar-refractivity contribution in [1.82, 2.24) is 5.32 Å². The zero-order valence-electron chi connectivity index (χ0n) is 9.67. The molecule has 90 valence electrons. The summed E-state index contributed by atoms with van der Waals surface area (Å²) >= 11 is 2.07. The van der Waals surface area contributed by atoms with Gasteiger partial charge in [-0.2, -0.15) is 11.8 Å². The van der Waals surface area contributed by atoms with E-state index in [1.54, 1.807) is 7.11 Å². The molecular weight excluding hydrogens is 210 g/mol. The zero-order chi connectivity index (χ0) is 10.8. The highest BCUT2D eigenvalue weighted by atomic mass is 32.2. The Bertz CT molecular complexity index is 141. The van der Waals surface area contributed by atoms with E-state index in [1.807, 2.05) is 0 Å². The Morgan fingerprint density at radius 2 is 2.27 bits per heavy atom. The topological polar surface area (TPSA) is 30.5 Å². The number of rotatable bonds is 9. The molecule has 1 heterocycles. The van der Waals surface area contributed by atoms with Crippen LogP contribution in [0.2, 0.25) is 0 Å². The predicted octanol–water partition coefficient (Wildman–Crippen LogP) is 1.38. The largest absolute Gasteiger partial charge is 0.385 e. The molecule has 0 aromatic heterocycles. The minimum Gasteiger partial charge on any atom is -0.385 e. The van der Waals surface area contributed by atoms with Gasteiger partial charge in [-0.15, -0.1) is 0 Å². The van der Waals surface area contributed by atoms with Crippen molar-refractivity contribution in [3.63, 3.8) is 0 Å². The summed E-state index contributed by atoms with van der Waals surface area (Å²) in [5, 5.41) is 3.45. The van der Waals surface area contributed by atoms with Crippen LogP contribution in [0.4, 0.5) is 0 Å². The lowest BCUT2D eigenvalue weighted by molar-refractivity contribution is 0.104. The van der Waals surface area contributed by atoms with E-state index in [9.17, 15) is 0 Å². The highest BCUT2D eigenvalue weighted by molar-refractivity contribution is 7.99. The highest BCUT2D eigenvalue weighted by Crippen LogP contribution is 2.22. The maximum absolute atomic E-state index is 5.45. The molecule has 1 N–H and O–H groups in total. The molecule has 4 heteroatoms. The van der Waals surface area contributed by atoms with Crippen LogP contribution in [-0.2, 0) is 9.47 Å². The molecule has 0 aromatic rings. The molecule has 3 nitrogen and oxygen atoms in total. The van der Waals surface area contributed by atoms with Crippen LogP contribution in [0, 0.1) is 5.92 Å². The predicted molar refractivity (Wildman–Crippen MR) is 65.6 cm³/mol.